The number of nitrogens with one attached hydrogen (secondary N) is 1. The van der Waals surface area contributed by atoms with Crippen LogP contribution in [0.25, 0.3) is 0 Å². The average molecular weight is 335 g/mol. The minimum Gasteiger partial charge on any atom is -0.319 e. The topological polar surface area (TPSA) is 110 Å². The van der Waals surface area contributed by atoms with Gasteiger partial charge in [-0.15, -0.1) is 0 Å². The van der Waals surface area contributed by atoms with Crippen molar-refractivity contribution in [3.63, 3.8) is 0 Å². The number of carbonyl (C=O) groups is 3. The van der Waals surface area contributed by atoms with Gasteiger partial charge in [0.15, 0.2) is 0 Å². The number of para-hydroxylation sites is 2. The van der Waals surface area contributed by atoms with Gasteiger partial charge in [-0.1, -0.05) is 17.7 Å². The molecular formula is C14H13N3O5S. The molecule has 23 heavy (non-hydrogen) atoms. The van der Waals surface area contributed by atoms with Crippen molar-refractivity contribution in [3.8, 4) is 0 Å². The number of carbonyl (C=O) groups excluding carboxylic acids is 3. The predicted octanol–water partition coefficient (Wildman–Crippen LogP) is 2.52. The third kappa shape index (κ3) is 3.57. The summed E-state index contributed by atoms with van der Waals surface area (Å²) in [7, 11) is 0. The molecule has 0 unspecified atom stereocenters. The number of nitrogens with zero attached hydrogens (tertiary/aromatic N) is 2. The molecule has 1 aliphatic heterocycles. The molecule has 3 amide bonds. The normalized spacial score (nSPS) is 14.2. The Morgan fingerprint density at radius 3 is 2.52 bits per heavy atom. The zero-order chi connectivity index (χ0) is 17.1. The van der Waals surface area contributed by atoms with Crippen LogP contribution in [0.5, 0.6) is 0 Å². The maximum Gasteiger partial charge on any atom is 0.294 e. The summed E-state index contributed by atoms with van der Waals surface area (Å²) in [6.07, 6.45) is 0. The molecule has 0 radical (unpaired) electrons. The van der Waals surface area contributed by atoms with Crippen LogP contribution in [0, 0.1) is 10.1 Å². The van der Waals surface area contributed by atoms with E-state index in [9.17, 15) is 24.5 Å². The van der Waals surface area contributed by atoms with Crippen molar-refractivity contribution in [2.75, 3.05) is 11.9 Å². The maximum atomic E-state index is 12.1. The number of hydrogen-bond acceptors (Lipinski definition) is 6. The van der Waals surface area contributed by atoms with E-state index in [-0.39, 0.29) is 11.4 Å². The standard InChI is InChI=1S/C14H13N3O5S/c1-8(2)12-13(19)16(14(20)23-12)7-11(18)15-9-5-3-4-6-10(9)17(21)22/h3-6H,7H2,1-2H3,(H,15,18). The highest BCUT2D eigenvalue weighted by atomic mass is 32.2. The Hall–Kier alpha value is -2.68. The molecule has 0 atom stereocenters. The second kappa shape index (κ2) is 6.61. The highest BCUT2D eigenvalue weighted by molar-refractivity contribution is 8.18. The van der Waals surface area contributed by atoms with E-state index in [0.717, 1.165) is 16.7 Å². The maximum absolute atomic E-state index is 12.1. The molecule has 1 N–H and O–H groups in total. The molecular weight excluding hydrogens is 322 g/mol. The lowest BCUT2D eigenvalue weighted by atomic mass is 10.2. The molecule has 1 aliphatic rings. The fraction of sp³-hybridized carbons (Fsp3) is 0.214. The number of anilines is 1. The van der Waals surface area contributed by atoms with Gasteiger partial charge in [-0.2, -0.15) is 0 Å². The minimum atomic E-state index is -0.684. The number of amides is 3. The monoisotopic (exact) mass is 335 g/mol. The number of rotatable bonds is 4. The van der Waals surface area contributed by atoms with Crippen LogP contribution < -0.4 is 5.32 Å². The SMILES string of the molecule is CC(C)=C1SC(=O)N(CC(=O)Nc2ccccc2[N+](=O)[O-])C1=O. The van der Waals surface area contributed by atoms with Crippen LogP contribution in [0.3, 0.4) is 0 Å². The van der Waals surface area contributed by atoms with Gasteiger partial charge in [-0.25, -0.2) is 0 Å². The molecule has 0 saturated carbocycles. The molecule has 0 aliphatic carbocycles. The zero-order valence-corrected chi connectivity index (χ0v) is 13.2. The summed E-state index contributed by atoms with van der Waals surface area (Å²) in [5.41, 5.74) is 0.436. The smallest absolute Gasteiger partial charge is 0.294 e. The predicted molar refractivity (Wildman–Crippen MR) is 84.8 cm³/mol. The minimum absolute atomic E-state index is 0.0108. The molecule has 0 spiro atoms. The van der Waals surface area contributed by atoms with Crippen LogP contribution in [-0.2, 0) is 9.59 Å². The highest BCUT2D eigenvalue weighted by Crippen LogP contribution is 2.32. The van der Waals surface area contributed by atoms with Crippen molar-refractivity contribution in [2.45, 2.75) is 13.8 Å². The third-order valence-electron chi connectivity index (χ3n) is 2.98. The number of benzene rings is 1. The first-order valence-electron chi connectivity index (χ1n) is 6.55. The Morgan fingerprint density at radius 1 is 1.30 bits per heavy atom. The molecule has 1 aromatic carbocycles. The number of allylic oxidation sites excluding steroid dienone is 1. The first kappa shape index (κ1) is 16.7. The first-order chi connectivity index (χ1) is 10.8. The van der Waals surface area contributed by atoms with Crippen LogP contribution in [-0.4, -0.2) is 33.4 Å². The van der Waals surface area contributed by atoms with Gasteiger partial charge in [-0.3, -0.25) is 29.4 Å². The summed E-state index contributed by atoms with van der Waals surface area (Å²) in [6, 6.07) is 5.63. The Balaban J connectivity index is 2.12. The number of imide groups is 1. The van der Waals surface area contributed by atoms with Crippen molar-refractivity contribution in [1.82, 2.24) is 4.90 Å². The quantitative estimate of drug-likeness (QED) is 0.514. The van der Waals surface area contributed by atoms with Gasteiger partial charge in [0.25, 0.3) is 16.8 Å². The summed E-state index contributed by atoms with van der Waals surface area (Å²) in [4.78, 5) is 47.3. The largest absolute Gasteiger partial charge is 0.319 e. The Bertz CT molecular complexity index is 740. The van der Waals surface area contributed by atoms with Gasteiger partial charge in [-0.05, 0) is 31.7 Å². The van der Waals surface area contributed by atoms with Crippen molar-refractivity contribution in [1.29, 1.82) is 0 Å². The van der Waals surface area contributed by atoms with Crippen molar-refractivity contribution < 1.29 is 19.3 Å². The fourth-order valence-corrected chi connectivity index (χ4v) is 2.75. The van der Waals surface area contributed by atoms with Crippen molar-refractivity contribution >= 4 is 40.2 Å². The molecule has 1 heterocycles. The van der Waals surface area contributed by atoms with Gasteiger partial charge in [0.2, 0.25) is 5.91 Å². The van der Waals surface area contributed by atoms with E-state index in [4.69, 9.17) is 0 Å². The highest BCUT2D eigenvalue weighted by Gasteiger charge is 2.37. The van der Waals surface area contributed by atoms with Gasteiger partial charge in [0.05, 0.1) is 9.83 Å². The van der Waals surface area contributed by atoms with E-state index < -0.39 is 28.5 Å². The fourth-order valence-electron chi connectivity index (χ4n) is 1.92. The second-order valence-corrected chi connectivity index (χ2v) is 5.87. The number of nitro groups is 1. The van der Waals surface area contributed by atoms with Crippen LogP contribution in [0.1, 0.15) is 13.8 Å². The number of thioether (sulfide) groups is 1. The van der Waals surface area contributed by atoms with Crippen LogP contribution in [0.4, 0.5) is 16.2 Å². The molecule has 9 heteroatoms. The van der Waals surface area contributed by atoms with Crippen LogP contribution in [0.15, 0.2) is 34.7 Å². The Kier molecular flexibility index (Phi) is 4.80. The number of hydrogen-bond donors (Lipinski definition) is 1. The van der Waals surface area contributed by atoms with E-state index in [2.05, 4.69) is 5.32 Å². The summed E-state index contributed by atoms with van der Waals surface area (Å²) in [5.74, 6) is -1.21. The molecule has 0 aromatic heterocycles. The molecule has 1 saturated heterocycles. The van der Waals surface area contributed by atoms with Gasteiger partial charge >= 0.3 is 0 Å². The number of nitro benzene ring substituents is 1. The van der Waals surface area contributed by atoms with Gasteiger partial charge in [0.1, 0.15) is 12.2 Å². The molecule has 0 bridgehead atoms. The van der Waals surface area contributed by atoms with E-state index in [0.29, 0.717) is 10.5 Å². The lowest BCUT2D eigenvalue weighted by Crippen LogP contribution is -2.36. The lowest BCUT2D eigenvalue weighted by Gasteiger charge is -2.12. The van der Waals surface area contributed by atoms with Crippen molar-refractivity contribution in [3.05, 3.63) is 44.9 Å². The van der Waals surface area contributed by atoms with E-state index >= 15 is 0 Å². The molecule has 1 aromatic rings. The second-order valence-electron chi connectivity index (χ2n) is 4.91. The Morgan fingerprint density at radius 2 is 1.96 bits per heavy atom. The first-order valence-corrected chi connectivity index (χ1v) is 7.37. The molecule has 8 nitrogen and oxygen atoms in total. The zero-order valence-electron chi connectivity index (χ0n) is 12.4. The van der Waals surface area contributed by atoms with Gasteiger partial charge < -0.3 is 5.32 Å². The third-order valence-corrected chi connectivity index (χ3v) is 4.16. The molecule has 1 fully saturated rings. The summed E-state index contributed by atoms with van der Waals surface area (Å²) in [5, 5.41) is 12.7. The molecule has 120 valence electrons. The van der Waals surface area contributed by atoms with E-state index in [1.165, 1.54) is 24.3 Å². The Labute approximate surface area is 135 Å². The summed E-state index contributed by atoms with van der Waals surface area (Å²) >= 11 is 0.775. The van der Waals surface area contributed by atoms with Crippen LogP contribution in [0.2, 0.25) is 0 Å². The van der Waals surface area contributed by atoms with Crippen LogP contribution >= 0.6 is 11.8 Å². The molecule has 2 rings (SSSR count). The van der Waals surface area contributed by atoms with E-state index in [1.807, 2.05) is 0 Å². The van der Waals surface area contributed by atoms with E-state index in [1.54, 1.807) is 13.8 Å². The van der Waals surface area contributed by atoms with Gasteiger partial charge in [0, 0.05) is 6.07 Å². The summed E-state index contributed by atoms with van der Waals surface area (Å²) in [6.45, 7) is 2.91. The summed E-state index contributed by atoms with van der Waals surface area (Å²) < 4.78 is 0. The average Bonchev–Trinajstić information content (AvgIpc) is 2.76. The van der Waals surface area contributed by atoms with Crippen molar-refractivity contribution in [2.24, 2.45) is 0 Å². The lowest BCUT2D eigenvalue weighted by molar-refractivity contribution is -0.383.